The Morgan fingerprint density at radius 3 is 1.27 bits per heavy atom. The van der Waals surface area contributed by atoms with Gasteiger partial charge >= 0.3 is 24.7 Å². The summed E-state index contributed by atoms with van der Waals surface area (Å²) in [5, 5.41) is -2.56. The molecule has 0 atom stereocenters. The molecule has 0 saturated carbocycles. The highest BCUT2D eigenvalue weighted by molar-refractivity contribution is 6.36. The van der Waals surface area contributed by atoms with Crippen LogP contribution in [0.1, 0.15) is 78.7 Å². The number of likely N-dealkylation sites (tertiary alicyclic amines) is 2. The molecule has 4 aromatic carbocycles. The third-order valence-corrected chi connectivity index (χ3v) is 12.6. The van der Waals surface area contributed by atoms with Gasteiger partial charge in [-0.05, 0) is 77.2 Å². The van der Waals surface area contributed by atoms with Gasteiger partial charge in [-0.1, -0.05) is 70.7 Å². The predicted molar refractivity (Wildman–Crippen MR) is 232 cm³/mol. The number of alkyl halides is 12. The Morgan fingerprint density at radius 1 is 0.548 bits per heavy atom. The van der Waals surface area contributed by atoms with Crippen LogP contribution >= 0.6 is 46.4 Å². The van der Waals surface area contributed by atoms with Gasteiger partial charge in [0, 0.05) is 16.7 Å². The summed E-state index contributed by atoms with van der Waals surface area (Å²) in [5.74, 6) is -7.38. The van der Waals surface area contributed by atoms with Gasteiger partial charge in [-0.15, -0.1) is 0 Å². The molecular formula is C46H30Cl4F14N2O7. The second-order valence-corrected chi connectivity index (χ2v) is 18.3. The molecule has 2 saturated heterocycles. The fourth-order valence-electron chi connectivity index (χ4n) is 7.96. The SMILES string of the molecule is CC(=O)c1ccc2c(c1)COC21CN(C(=O)CC(F)(F)F)C1.O=C(/C=C(/c1cc(Cl)c(F)c(Cl)c1)C(F)(F)F)c1ccc2c(c1)COC21CN(C(=O)CC(F)(F)F)C1.O=C(c1cc(Cl)c(F)c(Cl)c1)C(F)(F)F. The van der Waals surface area contributed by atoms with E-state index in [1.807, 2.05) is 0 Å². The first-order valence-corrected chi connectivity index (χ1v) is 22.0. The highest BCUT2D eigenvalue weighted by Gasteiger charge is 2.54. The number of carbonyl (C=O) groups excluding carboxylic acids is 5. The molecule has 0 unspecified atom stereocenters. The van der Waals surface area contributed by atoms with Gasteiger partial charge in [-0.3, -0.25) is 24.0 Å². The number of ketones is 3. The van der Waals surface area contributed by atoms with Crippen molar-refractivity contribution < 1.29 is 94.9 Å². The van der Waals surface area contributed by atoms with Crippen molar-refractivity contribution in [3.63, 3.8) is 0 Å². The second-order valence-electron chi connectivity index (χ2n) is 16.7. The van der Waals surface area contributed by atoms with E-state index < -0.39 is 121 Å². The number of hydrogen-bond donors (Lipinski definition) is 0. The van der Waals surface area contributed by atoms with Gasteiger partial charge in [0.15, 0.2) is 23.2 Å². The van der Waals surface area contributed by atoms with Crippen molar-refractivity contribution >= 4 is 81.1 Å². The van der Waals surface area contributed by atoms with Crippen LogP contribution in [0.15, 0.2) is 66.7 Å². The highest BCUT2D eigenvalue weighted by Crippen LogP contribution is 2.46. The first-order valence-electron chi connectivity index (χ1n) is 20.5. The Morgan fingerprint density at radius 2 is 0.918 bits per heavy atom. The summed E-state index contributed by atoms with van der Waals surface area (Å²) in [6, 6.07) is 11.8. The smallest absolute Gasteiger partial charge is 0.362 e. The van der Waals surface area contributed by atoms with Crippen LogP contribution in [0.4, 0.5) is 61.5 Å². The van der Waals surface area contributed by atoms with Crippen molar-refractivity contribution in [3.05, 3.63) is 143 Å². The molecule has 2 spiro atoms. The van der Waals surface area contributed by atoms with Gasteiger partial charge in [0.25, 0.3) is 5.78 Å². The number of fused-ring (bicyclic) bond motifs is 4. The maximum atomic E-state index is 13.7. The molecule has 9 nitrogen and oxygen atoms in total. The lowest BCUT2D eigenvalue weighted by atomic mass is 9.84. The zero-order valence-electron chi connectivity index (χ0n) is 36.6. The standard InChI is InChI=1S/C23H14Cl2F7NO3.C15H14F3NO3.C8H2Cl2F4O/c24-16-4-12(5-17(25)20(16)26)15(23(30,31)32)6-18(34)11-1-2-14-13(3-11)8-36-21(14)9-33(10-21)19(35)7-22(27,28)29;1-9(20)10-2-3-12-11(4-10)6-22-14(12)7-19(8-14)13(21)5-15(16,17)18;9-4-1-3(2-5(10)6(4)11)7(15)8(12,13)14/h1-6H,7-10H2;2-4H,5-8H2,1H3;1-2H/b15-6-;;. The summed E-state index contributed by atoms with van der Waals surface area (Å²) in [7, 11) is 0. The number of nitrogens with zero attached hydrogens (tertiary/aromatic N) is 2. The van der Waals surface area contributed by atoms with E-state index in [1.165, 1.54) is 25.1 Å². The monoisotopic (exact) mass is 1130 g/mol. The van der Waals surface area contributed by atoms with E-state index in [-0.39, 0.29) is 44.1 Å². The second kappa shape index (κ2) is 20.8. The molecule has 392 valence electrons. The molecule has 27 heteroatoms. The maximum Gasteiger partial charge on any atom is 0.454 e. The fourth-order valence-corrected chi connectivity index (χ4v) is 8.94. The van der Waals surface area contributed by atoms with Crippen molar-refractivity contribution in [2.45, 2.75) is 68.9 Å². The van der Waals surface area contributed by atoms with E-state index in [1.54, 1.807) is 18.2 Å². The summed E-state index contributed by atoms with van der Waals surface area (Å²) in [5.41, 5.74) is -1.37. The van der Waals surface area contributed by atoms with Gasteiger partial charge < -0.3 is 19.3 Å². The minimum Gasteiger partial charge on any atom is -0.362 e. The number of hydrogen-bond acceptors (Lipinski definition) is 7. The lowest BCUT2D eigenvalue weighted by Gasteiger charge is -2.47. The molecule has 8 rings (SSSR count). The Kier molecular flexibility index (Phi) is 16.2. The number of benzene rings is 4. The van der Waals surface area contributed by atoms with Gasteiger partial charge in [0.05, 0.1) is 65.1 Å². The largest absolute Gasteiger partial charge is 0.454 e. The van der Waals surface area contributed by atoms with E-state index in [0.717, 1.165) is 20.9 Å². The number of Topliss-reactive ketones (excluding diaryl/α,β-unsaturated/α-hetero) is 2. The number of ether oxygens (including phenoxy) is 2. The number of halogens is 18. The Bertz CT molecular complexity index is 2880. The van der Waals surface area contributed by atoms with E-state index in [0.29, 0.717) is 53.6 Å². The molecule has 4 aliphatic heterocycles. The molecule has 2 amide bonds. The molecule has 0 N–H and O–H groups in total. The Balaban J connectivity index is 0.000000199. The molecule has 2 fully saturated rings. The number of carbonyl (C=O) groups is 5. The maximum absolute atomic E-state index is 13.7. The van der Waals surface area contributed by atoms with Crippen molar-refractivity contribution in [3.8, 4) is 0 Å². The van der Waals surface area contributed by atoms with E-state index >= 15 is 0 Å². The molecule has 0 aliphatic carbocycles. The highest BCUT2D eigenvalue weighted by atomic mass is 35.5. The summed E-state index contributed by atoms with van der Waals surface area (Å²) in [6.07, 6.45) is -21.9. The van der Waals surface area contributed by atoms with E-state index in [2.05, 4.69) is 0 Å². The summed E-state index contributed by atoms with van der Waals surface area (Å²) < 4.78 is 189. The van der Waals surface area contributed by atoms with E-state index in [9.17, 15) is 85.4 Å². The van der Waals surface area contributed by atoms with Crippen LogP contribution < -0.4 is 0 Å². The van der Waals surface area contributed by atoms with Crippen LogP contribution in [0.2, 0.25) is 20.1 Å². The minimum atomic E-state index is -5.04. The minimum absolute atomic E-state index is 0.0449. The molecule has 0 aromatic heterocycles. The zero-order valence-corrected chi connectivity index (χ0v) is 39.6. The van der Waals surface area contributed by atoms with Crippen LogP contribution in [0.3, 0.4) is 0 Å². The lowest BCUT2D eigenvalue weighted by molar-refractivity contribution is -0.186. The average molecular weight is 1130 g/mol. The molecule has 4 aliphatic rings. The van der Waals surface area contributed by atoms with Crippen molar-refractivity contribution in [1.82, 2.24) is 9.80 Å². The number of allylic oxidation sites excluding steroid dienone is 2. The van der Waals surface area contributed by atoms with Crippen LogP contribution in [0.25, 0.3) is 5.57 Å². The van der Waals surface area contributed by atoms with Gasteiger partial charge in [-0.2, -0.15) is 52.7 Å². The third-order valence-electron chi connectivity index (χ3n) is 11.5. The van der Waals surface area contributed by atoms with Gasteiger partial charge in [0.1, 0.15) is 24.0 Å². The van der Waals surface area contributed by atoms with Crippen LogP contribution in [-0.2, 0) is 43.5 Å². The number of rotatable bonds is 7. The normalized spacial score (nSPS) is 16.6. The topological polar surface area (TPSA) is 110 Å². The first kappa shape index (κ1) is 57.0. The summed E-state index contributed by atoms with van der Waals surface area (Å²) in [4.78, 5) is 60.3. The average Bonchev–Trinajstić information content (AvgIpc) is 3.82. The molecule has 0 radical (unpaired) electrons. The lowest BCUT2D eigenvalue weighted by Crippen LogP contribution is -2.61. The van der Waals surface area contributed by atoms with Crippen LogP contribution in [0.5, 0.6) is 0 Å². The quantitative estimate of drug-likeness (QED) is 0.0784. The Hall–Kier alpha value is -5.33. The van der Waals surface area contributed by atoms with Crippen molar-refractivity contribution in [2.24, 2.45) is 0 Å². The third kappa shape index (κ3) is 13.0. The van der Waals surface area contributed by atoms with Crippen LogP contribution in [0, 0.1) is 11.6 Å². The fraction of sp³-hybridized carbons (Fsp3) is 0.326. The molecule has 4 heterocycles. The molecule has 4 aromatic rings. The van der Waals surface area contributed by atoms with E-state index in [4.69, 9.17) is 55.9 Å². The molecular weight excluding hydrogens is 1100 g/mol. The molecule has 0 bridgehead atoms. The van der Waals surface area contributed by atoms with Crippen molar-refractivity contribution in [1.29, 1.82) is 0 Å². The first-order chi connectivity index (χ1) is 33.5. The summed E-state index contributed by atoms with van der Waals surface area (Å²) in [6.45, 7) is 1.73. The summed E-state index contributed by atoms with van der Waals surface area (Å²) >= 11 is 21.7. The number of amides is 2. The van der Waals surface area contributed by atoms with Gasteiger partial charge in [-0.25, -0.2) is 8.78 Å². The molecule has 73 heavy (non-hydrogen) atoms. The zero-order chi connectivity index (χ0) is 54.6. The van der Waals surface area contributed by atoms with Crippen molar-refractivity contribution in [2.75, 3.05) is 26.2 Å². The predicted octanol–water partition coefficient (Wildman–Crippen LogP) is 12.8. The van der Waals surface area contributed by atoms with Crippen LogP contribution in [-0.4, -0.2) is 89.8 Å². The Labute approximate surface area is 422 Å². The van der Waals surface area contributed by atoms with Gasteiger partial charge in [0.2, 0.25) is 11.8 Å².